The monoisotopic (exact) mass is 328 g/mol. The maximum atomic E-state index is 10.4. The van der Waals surface area contributed by atoms with Crippen LogP contribution in [-0.2, 0) is 0 Å². The van der Waals surface area contributed by atoms with Crippen molar-refractivity contribution >= 4 is 33.8 Å². The number of aromatic hydroxyl groups is 1. The third kappa shape index (κ3) is 2.87. The molecule has 0 spiro atoms. The van der Waals surface area contributed by atoms with E-state index in [-0.39, 0.29) is 5.75 Å². The first-order chi connectivity index (χ1) is 12.2. The number of nitrogens with one attached hydrogen (secondary N) is 1. The summed E-state index contributed by atoms with van der Waals surface area (Å²) in [5.41, 5.74) is 6.02. The number of nitrogens with zero attached hydrogens (tertiary/aromatic N) is 3. The van der Waals surface area contributed by atoms with E-state index in [9.17, 15) is 5.11 Å². The molecule has 0 amide bonds. The molecule has 5 heteroatoms. The van der Waals surface area contributed by atoms with Gasteiger partial charge in [0.25, 0.3) is 0 Å². The number of hydrogen-bond donors (Lipinski definition) is 2. The molecule has 0 aliphatic rings. The quantitative estimate of drug-likeness (QED) is 0.436. The van der Waals surface area contributed by atoms with Crippen molar-refractivity contribution in [2.45, 2.75) is 6.92 Å². The highest BCUT2D eigenvalue weighted by atomic mass is 16.3. The van der Waals surface area contributed by atoms with Crippen LogP contribution in [0, 0.1) is 6.92 Å². The van der Waals surface area contributed by atoms with Crippen molar-refractivity contribution in [2.75, 3.05) is 5.43 Å². The number of pyridine rings is 2. The maximum absolute atomic E-state index is 10.4. The van der Waals surface area contributed by atoms with Crippen LogP contribution in [-0.4, -0.2) is 21.3 Å². The van der Waals surface area contributed by atoms with Crippen LogP contribution in [0.1, 0.15) is 11.1 Å². The van der Waals surface area contributed by atoms with Crippen molar-refractivity contribution in [2.24, 2.45) is 5.10 Å². The van der Waals surface area contributed by atoms with Gasteiger partial charge >= 0.3 is 0 Å². The number of aromatic nitrogens is 2. The van der Waals surface area contributed by atoms with E-state index in [1.807, 2.05) is 61.5 Å². The Morgan fingerprint density at radius 1 is 1.08 bits per heavy atom. The lowest BCUT2D eigenvalue weighted by Crippen LogP contribution is -1.95. The zero-order valence-electron chi connectivity index (χ0n) is 13.6. The molecular formula is C20H16N4O. The molecule has 0 bridgehead atoms. The predicted octanol–water partition coefficient (Wildman–Crippen LogP) is 4.24. The smallest absolute Gasteiger partial charge is 0.150 e. The summed E-state index contributed by atoms with van der Waals surface area (Å²) in [6.45, 7) is 1.99. The second-order valence-corrected chi connectivity index (χ2v) is 5.79. The van der Waals surface area contributed by atoms with E-state index in [0.717, 1.165) is 21.9 Å². The minimum absolute atomic E-state index is 0.123. The summed E-state index contributed by atoms with van der Waals surface area (Å²) in [4.78, 5) is 8.75. The van der Waals surface area contributed by atoms with Gasteiger partial charge in [-0.3, -0.25) is 10.4 Å². The second-order valence-electron chi connectivity index (χ2n) is 5.79. The van der Waals surface area contributed by atoms with Crippen LogP contribution in [0.2, 0.25) is 0 Å². The molecule has 5 nitrogen and oxygen atoms in total. The number of benzene rings is 2. The van der Waals surface area contributed by atoms with Crippen molar-refractivity contribution < 1.29 is 5.11 Å². The van der Waals surface area contributed by atoms with Crippen molar-refractivity contribution in [1.29, 1.82) is 0 Å². The number of fused-ring (bicyclic) bond motifs is 2. The van der Waals surface area contributed by atoms with Gasteiger partial charge in [-0.2, -0.15) is 5.10 Å². The molecule has 0 saturated heterocycles. The van der Waals surface area contributed by atoms with Gasteiger partial charge in [-0.25, -0.2) is 4.98 Å². The van der Waals surface area contributed by atoms with Crippen LogP contribution in [0.5, 0.6) is 5.75 Å². The van der Waals surface area contributed by atoms with E-state index in [1.165, 1.54) is 0 Å². The lowest BCUT2D eigenvalue weighted by molar-refractivity contribution is 0.479. The fourth-order valence-electron chi connectivity index (χ4n) is 2.82. The number of rotatable bonds is 3. The van der Waals surface area contributed by atoms with Gasteiger partial charge in [0.05, 0.1) is 11.7 Å². The third-order valence-electron chi connectivity index (χ3n) is 4.08. The highest BCUT2D eigenvalue weighted by Crippen LogP contribution is 2.28. The van der Waals surface area contributed by atoms with E-state index < -0.39 is 0 Å². The first-order valence-electron chi connectivity index (χ1n) is 7.94. The summed E-state index contributed by atoms with van der Waals surface area (Å²) >= 11 is 0. The Bertz CT molecular complexity index is 1110. The van der Waals surface area contributed by atoms with Gasteiger partial charge in [-0.05, 0) is 42.8 Å². The summed E-state index contributed by atoms with van der Waals surface area (Å²) in [7, 11) is 0. The van der Waals surface area contributed by atoms with Crippen LogP contribution in [0.3, 0.4) is 0 Å². The number of aryl methyl sites for hydroxylation is 1. The molecule has 4 rings (SSSR count). The fraction of sp³-hybridized carbons (Fsp3) is 0.0500. The van der Waals surface area contributed by atoms with Crippen LogP contribution in [0.25, 0.3) is 21.8 Å². The Balaban J connectivity index is 1.63. The van der Waals surface area contributed by atoms with Crippen molar-refractivity contribution in [3.63, 3.8) is 0 Å². The molecule has 2 heterocycles. The summed E-state index contributed by atoms with van der Waals surface area (Å²) in [6, 6.07) is 17.4. The number of para-hydroxylation sites is 1. The Hall–Kier alpha value is -3.47. The Morgan fingerprint density at radius 2 is 1.96 bits per heavy atom. The second kappa shape index (κ2) is 6.20. The fourth-order valence-corrected chi connectivity index (χ4v) is 2.82. The molecule has 122 valence electrons. The van der Waals surface area contributed by atoms with Gasteiger partial charge in [-0.1, -0.05) is 24.3 Å². The number of hydrogen-bond acceptors (Lipinski definition) is 5. The highest BCUT2D eigenvalue weighted by Gasteiger charge is 2.08. The molecule has 2 N–H and O–H groups in total. The topological polar surface area (TPSA) is 70.4 Å². The summed E-state index contributed by atoms with van der Waals surface area (Å²) in [6.07, 6.45) is 3.24. The summed E-state index contributed by atoms with van der Waals surface area (Å²) in [5.74, 6) is 0.767. The van der Waals surface area contributed by atoms with E-state index in [1.54, 1.807) is 12.4 Å². The molecule has 2 aromatic carbocycles. The molecular weight excluding hydrogens is 312 g/mol. The van der Waals surface area contributed by atoms with Gasteiger partial charge in [0, 0.05) is 22.5 Å². The first kappa shape index (κ1) is 15.1. The molecule has 2 aromatic heterocycles. The van der Waals surface area contributed by atoms with Gasteiger partial charge in [-0.15, -0.1) is 0 Å². The molecule has 25 heavy (non-hydrogen) atoms. The zero-order valence-corrected chi connectivity index (χ0v) is 13.6. The van der Waals surface area contributed by atoms with Gasteiger partial charge in [0.15, 0.2) is 5.75 Å². The molecule has 0 aliphatic carbocycles. The number of phenols is 1. The van der Waals surface area contributed by atoms with E-state index in [0.29, 0.717) is 16.9 Å². The Labute approximate surface area is 144 Å². The molecule has 4 aromatic rings. The zero-order chi connectivity index (χ0) is 17.2. The predicted molar refractivity (Wildman–Crippen MR) is 101 cm³/mol. The van der Waals surface area contributed by atoms with Crippen LogP contribution in [0.4, 0.5) is 5.82 Å². The third-order valence-corrected chi connectivity index (χ3v) is 4.08. The lowest BCUT2D eigenvalue weighted by atomic mass is 10.0. The van der Waals surface area contributed by atoms with Gasteiger partial charge in [0.2, 0.25) is 0 Å². The van der Waals surface area contributed by atoms with Crippen LogP contribution >= 0.6 is 0 Å². The number of hydrazone groups is 1. The minimum atomic E-state index is 0.123. The van der Waals surface area contributed by atoms with Crippen molar-refractivity contribution in [3.8, 4) is 5.75 Å². The first-order valence-corrected chi connectivity index (χ1v) is 7.94. The molecule has 0 atom stereocenters. The van der Waals surface area contributed by atoms with Crippen molar-refractivity contribution in [1.82, 2.24) is 9.97 Å². The normalized spacial score (nSPS) is 11.4. The van der Waals surface area contributed by atoms with Gasteiger partial charge < -0.3 is 5.11 Å². The minimum Gasteiger partial charge on any atom is -0.505 e. The molecule has 0 aliphatic heterocycles. The average Bonchev–Trinajstić information content (AvgIpc) is 2.65. The molecule has 0 fully saturated rings. The van der Waals surface area contributed by atoms with Crippen LogP contribution in [0.15, 0.2) is 65.9 Å². The lowest BCUT2D eigenvalue weighted by Gasteiger charge is -2.07. The standard InChI is InChI=1S/C20H16N4O/c1-13-11-15(20(25)19-16(13)6-4-10-21-19)12-22-24-18-9-8-14-5-2-3-7-17(14)23-18/h2-12,25H,1H3,(H,23,24). The Kier molecular flexibility index (Phi) is 3.74. The average molecular weight is 328 g/mol. The molecule has 0 unspecified atom stereocenters. The largest absolute Gasteiger partial charge is 0.505 e. The molecule has 0 saturated carbocycles. The summed E-state index contributed by atoms with van der Waals surface area (Å²) in [5, 5.41) is 16.6. The molecule has 0 radical (unpaired) electrons. The van der Waals surface area contributed by atoms with Crippen LogP contribution < -0.4 is 5.43 Å². The number of anilines is 1. The number of phenolic OH excluding ortho intramolecular Hbond substituents is 1. The highest BCUT2D eigenvalue weighted by molar-refractivity contribution is 5.96. The Morgan fingerprint density at radius 3 is 2.88 bits per heavy atom. The van der Waals surface area contributed by atoms with E-state index >= 15 is 0 Å². The SMILES string of the molecule is Cc1cc(C=NNc2ccc3ccccc3n2)c(O)c2ncccc12. The van der Waals surface area contributed by atoms with E-state index in [2.05, 4.69) is 20.5 Å². The van der Waals surface area contributed by atoms with E-state index in [4.69, 9.17) is 0 Å². The summed E-state index contributed by atoms with van der Waals surface area (Å²) < 4.78 is 0. The van der Waals surface area contributed by atoms with Gasteiger partial charge in [0.1, 0.15) is 11.3 Å². The van der Waals surface area contributed by atoms with Crippen molar-refractivity contribution in [3.05, 3.63) is 71.9 Å². The maximum Gasteiger partial charge on any atom is 0.150 e.